The summed E-state index contributed by atoms with van der Waals surface area (Å²) in [7, 11) is 1.34. The van der Waals surface area contributed by atoms with Gasteiger partial charge in [-0.3, -0.25) is 9.59 Å². The van der Waals surface area contributed by atoms with Crippen molar-refractivity contribution in [2.24, 2.45) is 0 Å². The predicted molar refractivity (Wildman–Crippen MR) is 102 cm³/mol. The zero-order valence-corrected chi connectivity index (χ0v) is 15.6. The number of alkyl halides is 3. The SMILES string of the molecule is Cc1cc(C(F)(F)F)ccc1CN(C)C(=O)C(=O)Nc1cnc(N)c(C=N)c1N. The topological polar surface area (TPSA) is 138 Å². The van der Waals surface area contributed by atoms with Crippen LogP contribution in [0, 0.1) is 12.3 Å². The third-order valence-corrected chi connectivity index (χ3v) is 4.20. The van der Waals surface area contributed by atoms with Crippen LogP contribution in [0.5, 0.6) is 0 Å². The Balaban J connectivity index is 2.13. The van der Waals surface area contributed by atoms with Crippen LogP contribution in [0.2, 0.25) is 0 Å². The number of rotatable bonds is 4. The number of nitrogen functional groups attached to an aromatic ring is 2. The first-order valence-corrected chi connectivity index (χ1v) is 8.23. The van der Waals surface area contributed by atoms with Crippen LogP contribution in [-0.2, 0) is 22.3 Å². The lowest BCUT2D eigenvalue weighted by Gasteiger charge is -2.19. The molecule has 0 radical (unpaired) electrons. The summed E-state index contributed by atoms with van der Waals surface area (Å²) in [6.07, 6.45) is -2.44. The van der Waals surface area contributed by atoms with Gasteiger partial charge in [-0.2, -0.15) is 13.2 Å². The predicted octanol–water partition coefficient (Wildman–Crippen LogP) is 2.17. The summed E-state index contributed by atoms with van der Waals surface area (Å²) >= 11 is 0. The Morgan fingerprint density at radius 2 is 1.97 bits per heavy atom. The van der Waals surface area contributed by atoms with Gasteiger partial charge < -0.3 is 27.1 Å². The molecule has 0 aliphatic carbocycles. The minimum Gasteiger partial charge on any atom is -0.396 e. The van der Waals surface area contributed by atoms with E-state index in [1.54, 1.807) is 0 Å². The lowest BCUT2D eigenvalue weighted by atomic mass is 10.0. The molecule has 1 aromatic carbocycles. The second-order valence-electron chi connectivity index (χ2n) is 6.28. The van der Waals surface area contributed by atoms with E-state index in [4.69, 9.17) is 16.9 Å². The number of carbonyl (C=O) groups excluding carboxylic acids is 2. The van der Waals surface area contributed by atoms with E-state index in [0.29, 0.717) is 11.1 Å². The average Bonchev–Trinajstić information content (AvgIpc) is 2.64. The van der Waals surface area contributed by atoms with Gasteiger partial charge in [0.2, 0.25) is 0 Å². The molecule has 1 aromatic heterocycles. The molecule has 0 atom stereocenters. The van der Waals surface area contributed by atoms with Gasteiger partial charge in [-0.1, -0.05) is 6.07 Å². The average molecular weight is 408 g/mol. The number of amides is 2. The van der Waals surface area contributed by atoms with Gasteiger partial charge in [-0.25, -0.2) is 4.98 Å². The van der Waals surface area contributed by atoms with Crippen LogP contribution >= 0.6 is 0 Å². The van der Waals surface area contributed by atoms with Gasteiger partial charge >= 0.3 is 18.0 Å². The van der Waals surface area contributed by atoms with E-state index in [1.807, 2.05) is 0 Å². The minimum absolute atomic E-state index is 0.00303. The highest BCUT2D eigenvalue weighted by Crippen LogP contribution is 2.30. The number of benzene rings is 1. The highest BCUT2D eigenvalue weighted by Gasteiger charge is 2.30. The van der Waals surface area contributed by atoms with Gasteiger partial charge in [0, 0.05) is 19.8 Å². The normalized spacial score (nSPS) is 11.1. The maximum absolute atomic E-state index is 12.8. The van der Waals surface area contributed by atoms with E-state index >= 15 is 0 Å². The molecule has 29 heavy (non-hydrogen) atoms. The number of nitrogens with two attached hydrogens (primary N) is 2. The number of nitrogens with one attached hydrogen (secondary N) is 2. The maximum Gasteiger partial charge on any atom is 0.416 e. The molecule has 154 valence electrons. The number of hydrogen-bond donors (Lipinski definition) is 4. The molecule has 0 aliphatic rings. The molecule has 2 rings (SSSR count). The lowest BCUT2D eigenvalue weighted by molar-refractivity contribution is -0.142. The van der Waals surface area contributed by atoms with Crippen molar-refractivity contribution < 1.29 is 22.8 Å². The van der Waals surface area contributed by atoms with E-state index in [0.717, 1.165) is 29.4 Å². The number of nitrogens with zero attached hydrogens (tertiary/aromatic N) is 2. The number of pyridine rings is 1. The Morgan fingerprint density at radius 1 is 1.31 bits per heavy atom. The fourth-order valence-electron chi connectivity index (χ4n) is 2.53. The molecule has 0 spiro atoms. The third-order valence-electron chi connectivity index (χ3n) is 4.20. The van der Waals surface area contributed by atoms with Crippen molar-refractivity contribution in [2.45, 2.75) is 19.6 Å². The number of carbonyl (C=O) groups is 2. The van der Waals surface area contributed by atoms with Crippen molar-refractivity contribution in [3.05, 3.63) is 46.6 Å². The molecule has 0 aliphatic heterocycles. The molecule has 2 aromatic rings. The van der Waals surface area contributed by atoms with Crippen molar-refractivity contribution in [1.29, 1.82) is 5.41 Å². The second-order valence-corrected chi connectivity index (χ2v) is 6.28. The van der Waals surface area contributed by atoms with Crippen LogP contribution in [0.4, 0.5) is 30.4 Å². The molecular weight excluding hydrogens is 389 g/mol. The van der Waals surface area contributed by atoms with E-state index < -0.39 is 23.6 Å². The highest BCUT2D eigenvalue weighted by molar-refractivity contribution is 6.39. The molecule has 2 amide bonds. The van der Waals surface area contributed by atoms with Gasteiger partial charge in [0.25, 0.3) is 0 Å². The zero-order valence-electron chi connectivity index (χ0n) is 15.6. The molecule has 11 heteroatoms. The fourth-order valence-corrected chi connectivity index (χ4v) is 2.53. The Bertz CT molecular complexity index is 975. The van der Waals surface area contributed by atoms with Gasteiger partial charge in [-0.15, -0.1) is 0 Å². The fraction of sp³-hybridized carbons (Fsp3) is 0.222. The monoisotopic (exact) mass is 408 g/mol. The number of halogens is 3. The number of hydrogen-bond acceptors (Lipinski definition) is 6. The number of aromatic nitrogens is 1. The summed E-state index contributed by atoms with van der Waals surface area (Å²) in [5, 5.41) is 9.57. The molecule has 0 fully saturated rings. The van der Waals surface area contributed by atoms with Crippen LogP contribution in [0.1, 0.15) is 22.3 Å². The zero-order chi connectivity index (χ0) is 21.9. The van der Waals surface area contributed by atoms with Crippen LogP contribution < -0.4 is 16.8 Å². The summed E-state index contributed by atoms with van der Waals surface area (Å²) in [5.74, 6) is -1.96. The highest BCUT2D eigenvalue weighted by atomic mass is 19.4. The Kier molecular flexibility index (Phi) is 6.10. The summed E-state index contributed by atoms with van der Waals surface area (Å²) in [6.45, 7) is 1.42. The molecule has 0 saturated heterocycles. The molecule has 1 heterocycles. The molecular formula is C18H19F3N6O2. The van der Waals surface area contributed by atoms with Gasteiger partial charge in [0.15, 0.2) is 0 Å². The van der Waals surface area contributed by atoms with Crippen molar-refractivity contribution in [3.8, 4) is 0 Å². The Hall–Kier alpha value is -3.63. The molecule has 0 unspecified atom stereocenters. The summed E-state index contributed by atoms with van der Waals surface area (Å²) in [4.78, 5) is 29.4. The smallest absolute Gasteiger partial charge is 0.396 e. The summed E-state index contributed by atoms with van der Waals surface area (Å²) < 4.78 is 38.3. The van der Waals surface area contributed by atoms with Crippen molar-refractivity contribution in [1.82, 2.24) is 9.88 Å². The Morgan fingerprint density at radius 3 is 2.52 bits per heavy atom. The first kappa shape index (κ1) is 21.7. The number of anilines is 3. The second kappa shape index (κ2) is 8.17. The largest absolute Gasteiger partial charge is 0.416 e. The first-order valence-electron chi connectivity index (χ1n) is 8.23. The van der Waals surface area contributed by atoms with Crippen LogP contribution in [0.3, 0.4) is 0 Å². The van der Waals surface area contributed by atoms with Crippen LogP contribution in [0.15, 0.2) is 24.4 Å². The first-order chi connectivity index (χ1) is 13.5. The Labute approximate surface area is 164 Å². The standard InChI is InChI=1S/C18H19F3N6O2/c1-9-5-11(18(19,20)21)4-3-10(9)8-27(2)17(29)16(28)26-13-7-25-15(24)12(6-22)14(13)23/h3-7,22H,8H2,1-2H3,(H,26,28)(H4,23,24,25). The molecule has 8 nitrogen and oxygen atoms in total. The molecule has 0 bridgehead atoms. The van der Waals surface area contributed by atoms with E-state index in [-0.39, 0.29) is 29.3 Å². The van der Waals surface area contributed by atoms with Crippen LogP contribution in [0.25, 0.3) is 0 Å². The van der Waals surface area contributed by atoms with Crippen molar-refractivity contribution >= 4 is 35.2 Å². The quantitative estimate of drug-likeness (QED) is 0.454. The molecule has 6 N–H and O–H groups in total. The third kappa shape index (κ3) is 4.81. The summed E-state index contributed by atoms with van der Waals surface area (Å²) in [6, 6.07) is 3.16. The van der Waals surface area contributed by atoms with E-state index in [9.17, 15) is 22.8 Å². The number of aryl methyl sites for hydroxylation is 1. The number of likely N-dealkylation sites (N-methyl/N-ethyl adjacent to an activating group) is 1. The van der Waals surface area contributed by atoms with Crippen molar-refractivity contribution in [3.63, 3.8) is 0 Å². The van der Waals surface area contributed by atoms with E-state index in [1.165, 1.54) is 20.0 Å². The lowest BCUT2D eigenvalue weighted by Crippen LogP contribution is -2.37. The van der Waals surface area contributed by atoms with E-state index in [2.05, 4.69) is 10.3 Å². The maximum atomic E-state index is 12.8. The van der Waals surface area contributed by atoms with Gasteiger partial charge in [0.05, 0.1) is 28.7 Å². The minimum atomic E-state index is -4.47. The van der Waals surface area contributed by atoms with Crippen LogP contribution in [-0.4, -0.2) is 35.0 Å². The van der Waals surface area contributed by atoms with Gasteiger partial charge in [0.1, 0.15) is 5.82 Å². The summed E-state index contributed by atoms with van der Waals surface area (Å²) in [5.41, 5.74) is 11.5. The van der Waals surface area contributed by atoms with Crippen molar-refractivity contribution in [2.75, 3.05) is 23.8 Å². The van der Waals surface area contributed by atoms with Gasteiger partial charge in [-0.05, 0) is 30.2 Å². The molecule has 0 saturated carbocycles.